The van der Waals surface area contributed by atoms with Crippen molar-refractivity contribution in [1.29, 1.82) is 0 Å². The summed E-state index contributed by atoms with van der Waals surface area (Å²) in [6.45, 7) is 1.79. The van der Waals surface area contributed by atoms with Gasteiger partial charge in [-0.1, -0.05) is 54.4 Å². The number of anilines is 1. The summed E-state index contributed by atoms with van der Waals surface area (Å²) in [6, 6.07) is 14.4. The van der Waals surface area contributed by atoms with Crippen LogP contribution < -0.4 is 16.4 Å². The maximum absolute atomic E-state index is 13.4. The SMILES string of the molecule is Cc1c(NC(=O)CSc2nc3cc(Cl)ccc3c(=O)n2C2CCCC2)c(=O)n(-c2ccccc2)n1C. The van der Waals surface area contributed by atoms with Crippen LogP contribution in [0.1, 0.15) is 37.4 Å². The molecule has 1 saturated carbocycles. The van der Waals surface area contributed by atoms with Crippen molar-refractivity contribution in [3.05, 3.63) is 80.0 Å². The number of thioether (sulfide) groups is 1. The van der Waals surface area contributed by atoms with E-state index in [1.54, 1.807) is 41.4 Å². The predicted octanol–water partition coefficient (Wildman–Crippen LogP) is 4.69. The fourth-order valence-corrected chi connectivity index (χ4v) is 5.79. The van der Waals surface area contributed by atoms with Crippen molar-refractivity contribution in [3.8, 4) is 5.69 Å². The minimum atomic E-state index is -0.343. The molecule has 2 aromatic heterocycles. The van der Waals surface area contributed by atoms with Crippen LogP contribution in [0.5, 0.6) is 0 Å². The Morgan fingerprint density at radius 1 is 1.11 bits per heavy atom. The standard InChI is InChI=1S/C26H26ClN5O3S/c1-16-23(25(35)32(30(16)2)19-10-4-3-5-11-19)29-22(33)15-36-26-28-21-14-17(27)12-13-20(21)24(34)31(26)18-8-6-7-9-18/h3-5,10-14,18H,6-9,15H2,1-2H3,(H,29,33). The van der Waals surface area contributed by atoms with E-state index in [0.29, 0.717) is 32.5 Å². The van der Waals surface area contributed by atoms with Gasteiger partial charge in [0.2, 0.25) is 5.91 Å². The van der Waals surface area contributed by atoms with E-state index >= 15 is 0 Å². The number of hydrogen-bond acceptors (Lipinski definition) is 5. The van der Waals surface area contributed by atoms with Gasteiger partial charge >= 0.3 is 0 Å². The van der Waals surface area contributed by atoms with E-state index in [0.717, 1.165) is 25.7 Å². The summed E-state index contributed by atoms with van der Waals surface area (Å²) in [5, 5.41) is 4.28. The number of para-hydroxylation sites is 1. The Bertz CT molecular complexity index is 1570. The number of carbonyl (C=O) groups is 1. The first-order chi connectivity index (χ1) is 17.3. The Labute approximate surface area is 216 Å². The largest absolute Gasteiger partial charge is 0.319 e. The van der Waals surface area contributed by atoms with Crippen LogP contribution in [0.2, 0.25) is 5.02 Å². The molecule has 1 aliphatic rings. The minimum absolute atomic E-state index is 0.00431. The molecule has 0 radical (unpaired) electrons. The van der Waals surface area contributed by atoms with Gasteiger partial charge in [0.1, 0.15) is 5.69 Å². The third kappa shape index (κ3) is 4.49. The number of aromatic nitrogens is 4. The third-order valence-electron chi connectivity index (χ3n) is 6.67. The van der Waals surface area contributed by atoms with Crippen LogP contribution in [0.25, 0.3) is 16.6 Å². The molecule has 0 atom stereocenters. The highest BCUT2D eigenvalue weighted by Gasteiger charge is 2.24. The lowest BCUT2D eigenvalue weighted by Gasteiger charge is -2.18. The summed E-state index contributed by atoms with van der Waals surface area (Å²) in [5.74, 6) is -0.339. The van der Waals surface area contributed by atoms with E-state index in [-0.39, 0.29) is 34.5 Å². The Morgan fingerprint density at radius 2 is 1.83 bits per heavy atom. The normalized spacial score (nSPS) is 14.0. The van der Waals surface area contributed by atoms with Gasteiger partial charge in [0.05, 0.1) is 28.0 Å². The molecule has 10 heteroatoms. The molecule has 8 nitrogen and oxygen atoms in total. The average molecular weight is 524 g/mol. The van der Waals surface area contributed by atoms with Crippen molar-refractivity contribution < 1.29 is 4.79 Å². The number of benzene rings is 2. The lowest BCUT2D eigenvalue weighted by Crippen LogP contribution is -2.27. The van der Waals surface area contributed by atoms with Crippen molar-refractivity contribution in [2.45, 2.75) is 43.8 Å². The molecule has 0 unspecified atom stereocenters. The molecule has 186 valence electrons. The summed E-state index contributed by atoms with van der Waals surface area (Å²) < 4.78 is 4.97. The lowest BCUT2D eigenvalue weighted by molar-refractivity contribution is -0.113. The van der Waals surface area contributed by atoms with Gasteiger partial charge in [-0.15, -0.1) is 0 Å². The summed E-state index contributed by atoms with van der Waals surface area (Å²) in [6.07, 6.45) is 3.92. The molecule has 2 heterocycles. The number of halogens is 1. The van der Waals surface area contributed by atoms with E-state index in [2.05, 4.69) is 5.32 Å². The van der Waals surface area contributed by atoms with Crippen LogP contribution >= 0.6 is 23.4 Å². The monoisotopic (exact) mass is 523 g/mol. The molecule has 4 aromatic rings. The number of amides is 1. The lowest BCUT2D eigenvalue weighted by atomic mass is 10.2. The van der Waals surface area contributed by atoms with E-state index in [1.807, 2.05) is 30.3 Å². The Kier molecular flexibility index (Phi) is 6.77. The van der Waals surface area contributed by atoms with Gasteiger partial charge in [0.15, 0.2) is 5.16 Å². The number of rotatable bonds is 6. The van der Waals surface area contributed by atoms with Crippen LogP contribution in [0, 0.1) is 6.92 Å². The van der Waals surface area contributed by atoms with Crippen LogP contribution in [0.15, 0.2) is 63.3 Å². The molecule has 36 heavy (non-hydrogen) atoms. The summed E-state index contributed by atoms with van der Waals surface area (Å²) in [4.78, 5) is 44.2. The van der Waals surface area contributed by atoms with Crippen LogP contribution in [0.3, 0.4) is 0 Å². The molecule has 1 N–H and O–H groups in total. The van der Waals surface area contributed by atoms with Gasteiger partial charge in [-0.3, -0.25) is 23.6 Å². The summed E-state index contributed by atoms with van der Waals surface area (Å²) >= 11 is 7.34. The second kappa shape index (κ2) is 9.99. The van der Waals surface area contributed by atoms with Crippen molar-refractivity contribution in [2.75, 3.05) is 11.1 Å². The minimum Gasteiger partial charge on any atom is -0.319 e. The average Bonchev–Trinajstić information content (AvgIpc) is 3.46. The second-order valence-electron chi connectivity index (χ2n) is 8.94. The molecule has 1 aliphatic carbocycles. The van der Waals surface area contributed by atoms with E-state index in [9.17, 15) is 14.4 Å². The Balaban J connectivity index is 1.42. The Hall–Kier alpha value is -3.30. The van der Waals surface area contributed by atoms with Crippen LogP contribution in [-0.2, 0) is 11.8 Å². The maximum Gasteiger partial charge on any atom is 0.295 e. The van der Waals surface area contributed by atoms with Gasteiger partial charge < -0.3 is 5.32 Å². The van der Waals surface area contributed by atoms with Crippen LogP contribution in [0.4, 0.5) is 5.69 Å². The quantitative estimate of drug-likeness (QED) is 0.292. The first kappa shape index (κ1) is 24.4. The third-order valence-corrected chi connectivity index (χ3v) is 7.86. The predicted molar refractivity (Wildman–Crippen MR) is 144 cm³/mol. The molecule has 0 aliphatic heterocycles. The number of fused-ring (bicyclic) bond motifs is 1. The number of carbonyl (C=O) groups excluding carboxylic acids is 1. The van der Waals surface area contributed by atoms with E-state index < -0.39 is 0 Å². The van der Waals surface area contributed by atoms with Crippen molar-refractivity contribution in [2.24, 2.45) is 7.05 Å². The highest BCUT2D eigenvalue weighted by molar-refractivity contribution is 7.99. The van der Waals surface area contributed by atoms with Gasteiger partial charge in [-0.05, 0) is 50.1 Å². The molecule has 0 bridgehead atoms. The van der Waals surface area contributed by atoms with Gasteiger partial charge in [-0.25, -0.2) is 9.67 Å². The van der Waals surface area contributed by atoms with Gasteiger partial charge in [0, 0.05) is 18.1 Å². The number of hydrogen-bond donors (Lipinski definition) is 1. The second-order valence-corrected chi connectivity index (χ2v) is 10.3. The first-order valence-corrected chi connectivity index (χ1v) is 13.2. The summed E-state index contributed by atoms with van der Waals surface area (Å²) in [7, 11) is 1.78. The maximum atomic E-state index is 13.4. The first-order valence-electron chi connectivity index (χ1n) is 11.8. The zero-order chi connectivity index (χ0) is 25.4. The topological polar surface area (TPSA) is 90.9 Å². The molecule has 1 amide bonds. The molecule has 1 fully saturated rings. The van der Waals surface area contributed by atoms with Gasteiger partial charge in [0.25, 0.3) is 11.1 Å². The fourth-order valence-electron chi connectivity index (χ4n) is 4.76. The number of nitrogens with one attached hydrogen (secondary N) is 1. The highest BCUT2D eigenvalue weighted by Crippen LogP contribution is 2.32. The van der Waals surface area contributed by atoms with Crippen molar-refractivity contribution in [3.63, 3.8) is 0 Å². The molecule has 0 saturated heterocycles. The molecule has 5 rings (SSSR count). The zero-order valence-electron chi connectivity index (χ0n) is 20.0. The summed E-state index contributed by atoms with van der Waals surface area (Å²) in [5.41, 5.74) is 1.68. The molecule has 2 aromatic carbocycles. The molecular formula is C26H26ClN5O3S. The molecular weight excluding hydrogens is 498 g/mol. The molecule has 0 spiro atoms. The van der Waals surface area contributed by atoms with Crippen LogP contribution in [-0.4, -0.2) is 30.6 Å². The fraction of sp³-hybridized carbons (Fsp3) is 0.308. The number of nitrogens with zero attached hydrogens (tertiary/aromatic N) is 4. The zero-order valence-corrected chi connectivity index (χ0v) is 21.6. The van der Waals surface area contributed by atoms with E-state index in [4.69, 9.17) is 16.6 Å². The van der Waals surface area contributed by atoms with E-state index in [1.165, 1.54) is 16.4 Å². The van der Waals surface area contributed by atoms with Crippen molar-refractivity contribution >= 4 is 45.9 Å². The smallest absolute Gasteiger partial charge is 0.295 e. The highest BCUT2D eigenvalue weighted by atomic mass is 35.5. The van der Waals surface area contributed by atoms with Gasteiger partial charge in [-0.2, -0.15) is 0 Å². The van der Waals surface area contributed by atoms with Crippen molar-refractivity contribution in [1.82, 2.24) is 18.9 Å². The Morgan fingerprint density at radius 3 is 2.56 bits per heavy atom.